The zero-order valence-electron chi connectivity index (χ0n) is 18.1. The van der Waals surface area contributed by atoms with Gasteiger partial charge in [0.15, 0.2) is 5.82 Å². The summed E-state index contributed by atoms with van der Waals surface area (Å²) in [5.41, 5.74) is 0.207. The highest BCUT2D eigenvalue weighted by atomic mass is 32.1. The molecule has 0 unspecified atom stereocenters. The van der Waals surface area contributed by atoms with Gasteiger partial charge in [0.25, 0.3) is 11.5 Å². The number of nitrogens with one attached hydrogen (secondary N) is 1. The Bertz CT molecular complexity index is 1470. The molecule has 0 bridgehead atoms. The van der Waals surface area contributed by atoms with Crippen LogP contribution in [0, 0.1) is 0 Å². The largest absolute Gasteiger partial charge is 0.481 e. The van der Waals surface area contributed by atoms with Crippen LogP contribution in [0.5, 0.6) is 5.88 Å². The lowest BCUT2D eigenvalue weighted by atomic mass is 10.2. The van der Waals surface area contributed by atoms with Gasteiger partial charge in [0, 0.05) is 32.1 Å². The Labute approximate surface area is 195 Å². The van der Waals surface area contributed by atoms with Gasteiger partial charge in [-0.05, 0) is 29.3 Å². The van der Waals surface area contributed by atoms with Crippen LogP contribution < -0.4 is 26.5 Å². The summed E-state index contributed by atoms with van der Waals surface area (Å²) in [5, 5.41) is 20.9. The van der Waals surface area contributed by atoms with Crippen LogP contribution in [-0.2, 0) is 20.1 Å². The third-order valence-electron chi connectivity index (χ3n) is 5.05. The van der Waals surface area contributed by atoms with Crippen molar-refractivity contribution >= 4 is 33.3 Å². The molecule has 0 aromatic carbocycles. The Balaban J connectivity index is 1.61. The number of fused-ring (bicyclic) bond motifs is 1. The first-order valence-corrected chi connectivity index (χ1v) is 10.7. The number of methoxy groups -OCH3 is 1. The van der Waals surface area contributed by atoms with E-state index in [0.717, 1.165) is 21.5 Å². The van der Waals surface area contributed by atoms with Gasteiger partial charge in [-0.3, -0.25) is 29.1 Å². The van der Waals surface area contributed by atoms with Gasteiger partial charge in [-0.2, -0.15) is 0 Å². The molecule has 176 valence electrons. The smallest absolute Gasteiger partial charge is 0.332 e. The molecule has 0 aliphatic heterocycles. The summed E-state index contributed by atoms with van der Waals surface area (Å²) in [6.45, 7) is 0.157. The van der Waals surface area contributed by atoms with Gasteiger partial charge in [-0.25, -0.2) is 14.8 Å². The number of thiophene rings is 1. The van der Waals surface area contributed by atoms with Crippen molar-refractivity contribution in [3.8, 4) is 5.88 Å². The predicted molar refractivity (Wildman–Crippen MR) is 123 cm³/mol. The Kier molecular flexibility index (Phi) is 6.40. The topological polar surface area (TPSA) is 152 Å². The van der Waals surface area contributed by atoms with Crippen LogP contribution in [-0.4, -0.2) is 42.5 Å². The van der Waals surface area contributed by atoms with Crippen molar-refractivity contribution in [2.45, 2.75) is 13.1 Å². The number of carbonyl (C=O) groups is 1. The molecule has 3 N–H and O–H groups in total. The van der Waals surface area contributed by atoms with Crippen molar-refractivity contribution in [2.75, 3.05) is 12.3 Å². The molecule has 0 radical (unpaired) electrons. The summed E-state index contributed by atoms with van der Waals surface area (Å²) in [7, 11) is 3.03. The number of ether oxygens (including phenoxy) is 1. The van der Waals surface area contributed by atoms with Crippen LogP contribution in [0.3, 0.4) is 0 Å². The van der Waals surface area contributed by atoms with E-state index in [1.807, 2.05) is 0 Å². The molecule has 0 atom stereocenters. The van der Waals surface area contributed by atoms with E-state index >= 15 is 0 Å². The molecule has 0 aliphatic rings. The van der Waals surface area contributed by atoms with Crippen LogP contribution >= 0.6 is 11.3 Å². The Morgan fingerprint density at radius 2 is 1.97 bits per heavy atom. The van der Waals surface area contributed by atoms with E-state index in [0.29, 0.717) is 16.3 Å². The molecular formula is C21H20N6O6S. The van der Waals surface area contributed by atoms with Crippen molar-refractivity contribution in [1.29, 1.82) is 0 Å². The number of pyridine rings is 2. The summed E-state index contributed by atoms with van der Waals surface area (Å²) in [4.78, 5) is 47.1. The highest BCUT2D eigenvalue weighted by molar-refractivity contribution is 7.20. The Morgan fingerprint density at radius 3 is 2.65 bits per heavy atom. The number of hydrogen-bond acceptors (Lipinski definition) is 10. The molecular weight excluding hydrogens is 464 g/mol. The first kappa shape index (κ1) is 23.1. The van der Waals surface area contributed by atoms with Crippen LogP contribution in [0.1, 0.15) is 20.8 Å². The minimum absolute atomic E-state index is 0.0766. The standard InChI is InChI=1S/C21H20N6O6S/c1-25-20-14(8-15(34-20)18(28)24-9-12-5-6-22-17(7-12)33-2)19(29)26(21(25)30)11-13-3-4-16(23-10-13)27(31)32/h3-8,10,31-32H,9,11H2,1-2H3,(H,24,28). The molecule has 4 aromatic rings. The number of amides is 1. The van der Waals surface area contributed by atoms with Gasteiger partial charge in [0.1, 0.15) is 4.83 Å². The number of hydrogen-bond donors (Lipinski definition) is 3. The summed E-state index contributed by atoms with van der Waals surface area (Å²) < 4.78 is 7.42. The van der Waals surface area contributed by atoms with Crippen molar-refractivity contribution in [3.05, 3.63) is 79.6 Å². The minimum Gasteiger partial charge on any atom is -0.481 e. The van der Waals surface area contributed by atoms with Crippen molar-refractivity contribution in [3.63, 3.8) is 0 Å². The summed E-state index contributed by atoms with van der Waals surface area (Å²) in [5.74, 6) is -0.0649. The number of anilines is 1. The number of aryl methyl sites for hydroxylation is 1. The molecule has 0 saturated carbocycles. The highest BCUT2D eigenvalue weighted by Crippen LogP contribution is 2.22. The lowest BCUT2D eigenvalue weighted by Gasteiger charge is -2.10. The fourth-order valence-electron chi connectivity index (χ4n) is 3.29. The average Bonchev–Trinajstić information content (AvgIpc) is 3.30. The SMILES string of the molecule is COc1cc(CNC(=O)c2cc3c(=O)n(Cc4ccc(N(O)O)nc4)c(=O)n(C)c3s2)ccn1. The van der Waals surface area contributed by atoms with Gasteiger partial charge in [-0.1, -0.05) is 6.07 Å². The lowest BCUT2D eigenvalue weighted by molar-refractivity contribution is 0.0267. The second kappa shape index (κ2) is 9.43. The van der Waals surface area contributed by atoms with E-state index in [-0.39, 0.29) is 40.3 Å². The predicted octanol–water partition coefficient (Wildman–Crippen LogP) is 1.12. The molecule has 12 nitrogen and oxygen atoms in total. The summed E-state index contributed by atoms with van der Waals surface area (Å²) in [6.07, 6.45) is 2.90. The zero-order chi connectivity index (χ0) is 24.4. The van der Waals surface area contributed by atoms with Crippen LogP contribution in [0.2, 0.25) is 0 Å². The quantitative estimate of drug-likeness (QED) is 0.328. The number of carbonyl (C=O) groups excluding carboxylic acids is 1. The minimum atomic E-state index is -0.551. The molecule has 0 spiro atoms. The van der Waals surface area contributed by atoms with E-state index in [4.69, 9.17) is 15.2 Å². The maximum Gasteiger partial charge on any atom is 0.332 e. The second-order valence-corrected chi connectivity index (χ2v) is 8.30. The molecule has 0 aliphatic carbocycles. The molecule has 0 fully saturated rings. The van der Waals surface area contributed by atoms with Gasteiger partial charge in [-0.15, -0.1) is 16.6 Å². The van der Waals surface area contributed by atoms with Gasteiger partial charge < -0.3 is 10.1 Å². The van der Waals surface area contributed by atoms with E-state index < -0.39 is 11.2 Å². The Morgan fingerprint density at radius 1 is 1.18 bits per heavy atom. The molecule has 1 amide bonds. The first-order valence-electron chi connectivity index (χ1n) is 9.91. The fraction of sp³-hybridized carbons (Fsp3) is 0.190. The first-order chi connectivity index (χ1) is 16.3. The fourth-order valence-corrected chi connectivity index (χ4v) is 4.31. The average molecular weight is 484 g/mol. The molecule has 4 aromatic heterocycles. The molecule has 13 heteroatoms. The van der Waals surface area contributed by atoms with Gasteiger partial charge in [0.05, 0.1) is 23.9 Å². The Hall–Kier alpha value is -4.07. The zero-order valence-corrected chi connectivity index (χ0v) is 18.9. The monoisotopic (exact) mass is 484 g/mol. The molecule has 0 saturated heterocycles. The van der Waals surface area contributed by atoms with E-state index in [9.17, 15) is 14.4 Å². The van der Waals surface area contributed by atoms with Crippen molar-refractivity contribution in [2.24, 2.45) is 7.05 Å². The van der Waals surface area contributed by atoms with E-state index in [1.165, 1.54) is 43.1 Å². The summed E-state index contributed by atoms with van der Waals surface area (Å²) in [6, 6.07) is 7.76. The van der Waals surface area contributed by atoms with E-state index in [2.05, 4.69) is 15.3 Å². The maximum atomic E-state index is 13.1. The second-order valence-electron chi connectivity index (χ2n) is 7.27. The molecule has 4 rings (SSSR count). The van der Waals surface area contributed by atoms with E-state index in [1.54, 1.807) is 18.3 Å². The molecule has 34 heavy (non-hydrogen) atoms. The maximum absolute atomic E-state index is 13.1. The normalized spacial score (nSPS) is 10.9. The third-order valence-corrected chi connectivity index (χ3v) is 6.26. The third kappa shape index (κ3) is 4.52. The van der Waals surface area contributed by atoms with Crippen molar-refractivity contribution in [1.82, 2.24) is 24.4 Å². The van der Waals surface area contributed by atoms with Gasteiger partial charge in [0.2, 0.25) is 5.88 Å². The number of aromatic nitrogens is 4. The number of nitrogens with zero attached hydrogens (tertiary/aromatic N) is 5. The van der Waals surface area contributed by atoms with Gasteiger partial charge >= 0.3 is 5.69 Å². The lowest BCUT2D eigenvalue weighted by Crippen LogP contribution is -2.38. The molecule has 4 heterocycles. The van der Waals surface area contributed by atoms with Crippen LogP contribution in [0.4, 0.5) is 5.82 Å². The highest BCUT2D eigenvalue weighted by Gasteiger charge is 2.18. The van der Waals surface area contributed by atoms with Crippen LogP contribution in [0.15, 0.2) is 52.3 Å². The summed E-state index contributed by atoms with van der Waals surface area (Å²) >= 11 is 1.05. The van der Waals surface area contributed by atoms with Crippen LogP contribution in [0.25, 0.3) is 10.2 Å². The van der Waals surface area contributed by atoms with Crippen molar-refractivity contribution < 1.29 is 19.9 Å². The number of rotatable bonds is 7.